The number of aromatic nitrogens is 2. The number of rotatable bonds is 6. The van der Waals surface area contributed by atoms with Crippen LogP contribution in [0.5, 0.6) is 0 Å². The molecule has 156 valence electrons. The quantitative estimate of drug-likeness (QED) is 0.450. The van der Waals surface area contributed by atoms with Gasteiger partial charge in [-0.05, 0) is 37.5 Å². The van der Waals surface area contributed by atoms with Crippen LogP contribution in [-0.2, 0) is 11.3 Å². The Morgan fingerprint density at radius 2 is 2.20 bits per heavy atom. The van der Waals surface area contributed by atoms with Crippen molar-refractivity contribution in [2.75, 3.05) is 11.9 Å². The van der Waals surface area contributed by atoms with Gasteiger partial charge < -0.3 is 15.8 Å². The van der Waals surface area contributed by atoms with Crippen LogP contribution in [0.2, 0.25) is 5.02 Å². The molecule has 2 aromatic carbocycles. The number of nitro benzene ring substituents is 1. The Morgan fingerprint density at radius 3 is 2.90 bits per heavy atom. The number of nitrogens with zero attached hydrogens (tertiary/aromatic N) is 3. The van der Waals surface area contributed by atoms with Crippen LogP contribution in [0.4, 0.5) is 11.4 Å². The topological polar surface area (TPSA) is 125 Å². The largest absolute Gasteiger partial charge is 0.379 e. The minimum atomic E-state index is -0.731. The summed E-state index contributed by atoms with van der Waals surface area (Å²) in [4.78, 5) is 22.6. The lowest BCUT2D eigenvalue weighted by Gasteiger charge is -2.23. The molecule has 4 rings (SSSR count). The highest BCUT2D eigenvalue weighted by Gasteiger charge is 2.22. The monoisotopic (exact) mass is 429 g/mol. The molecule has 2 heterocycles. The van der Waals surface area contributed by atoms with E-state index >= 15 is 0 Å². The highest BCUT2D eigenvalue weighted by Crippen LogP contribution is 2.34. The molecular formula is C20H20ClN5O4. The summed E-state index contributed by atoms with van der Waals surface area (Å²) in [5.41, 5.74) is 6.93. The normalized spacial score (nSPS) is 16.5. The van der Waals surface area contributed by atoms with Crippen molar-refractivity contribution in [3.8, 4) is 0 Å². The summed E-state index contributed by atoms with van der Waals surface area (Å²) >= 11 is 6.58. The number of nitrogens with two attached hydrogens (primary N) is 1. The number of hydrogen-bond donors (Lipinski definition) is 2. The zero-order valence-corrected chi connectivity index (χ0v) is 16.8. The molecule has 1 aliphatic rings. The lowest BCUT2D eigenvalue weighted by Crippen LogP contribution is -2.19. The molecule has 0 bridgehead atoms. The zero-order chi connectivity index (χ0) is 21.3. The van der Waals surface area contributed by atoms with Gasteiger partial charge in [-0.3, -0.25) is 14.9 Å². The summed E-state index contributed by atoms with van der Waals surface area (Å²) in [6.07, 6.45) is 4.58. The van der Waals surface area contributed by atoms with E-state index in [0.29, 0.717) is 17.3 Å². The molecule has 0 spiro atoms. The van der Waals surface area contributed by atoms with E-state index in [-0.39, 0.29) is 29.6 Å². The molecule has 0 aliphatic carbocycles. The number of nitrogens with one attached hydrogen (secondary N) is 1. The second kappa shape index (κ2) is 8.29. The molecule has 1 saturated heterocycles. The molecular weight excluding hydrogens is 410 g/mol. The number of nitro groups is 1. The highest BCUT2D eigenvalue weighted by atomic mass is 35.5. The first-order chi connectivity index (χ1) is 14.5. The van der Waals surface area contributed by atoms with Gasteiger partial charge in [0.15, 0.2) is 6.23 Å². The van der Waals surface area contributed by atoms with E-state index in [1.165, 1.54) is 18.2 Å². The van der Waals surface area contributed by atoms with Crippen LogP contribution >= 0.6 is 11.6 Å². The Hall–Kier alpha value is -3.17. The van der Waals surface area contributed by atoms with Gasteiger partial charge in [0.2, 0.25) is 5.91 Å². The maximum Gasteiger partial charge on any atom is 0.275 e. The van der Waals surface area contributed by atoms with Gasteiger partial charge in [0, 0.05) is 24.6 Å². The number of carbonyl (C=O) groups excluding carboxylic acids is 1. The van der Waals surface area contributed by atoms with Crippen LogP contribution in [0.3, 0.4) is 0 Å². The summed E-state index contributed by atoms with van der Waals surface area (Å²) in [6, 6.07) is 7.89. The zero-order valence-electron chi connectivity index (χ0n) is 16.0. The highest BCUT2D eigenvalue weighted by molar-refractivity contribution is 6.38. The Morgan fingerprint density at radius 1 is 1.37 bits per heavy atom. The van der Waals surface area contributed by atoms with E-state index in [1.807, 2.05) is 10.7 Å². The second-order valence-electron chi connectivity index (χ2n) is 7.05. The number of fused-ring (bicyclic) bond motifs is 1. The van der Waals surface area contributed by atoms with Crippen LogP contribution in [0.15, 0.2) is 36.5 Å². The molecule has 0 radical (unpaired) electrons. The molecule has 3 aromatic rings. The van der Waals surface area contributed by atoms with Gasteiger partial charge >= 0.3 is 0 Å². The molecule has 1 amide bonds. The van der Waals surface area contributed by atoms with Gasteiger partial charge in [0.05, 0.1) is 38.5 Å². The number of ether oxygens (including phenoxy) is 1. The summed E-state index contributed by atoms with van der Waals surface area (Å²) in [7, 11) is 0. The Kier molecular flexibility index (Phi) is 5.56. The van der Waals surface area contributed by atoms with Crippen molar-refractivity contribution in [1.82, 2.24) is 9.78 Å². The Labute approximate surface area is 176 Å². The fraction of sp³-hybridized carbons (Fsp3) is 0.300. The first-order valence-electron chi connectivity index (χ1n) is 9.54. The fourth-order valence-corrected chi connectivity index (χ4v) is 3.99. The maximum atomic E-state index is 11.7. The van der Waals surface area contributed by atoms with Crippen molar-refractivity contribution in [2.24, 2.45) is 5.73 Å². The summed E-state index contributed by atoms with van der Waals surface area (Å²) in [5, 5.41) is 20.1. The molecule has 1 aromatic heterocycles. The molecule has 1 aliphatic heterocycles. The lowest BCUT2D eigenvalue weighted by atomic mass is 10.0. The van der Waals surface area contributed by atoms with E-state index in [9.17, 15) is 14.9 Å². The SMILES string of the molecule is NC(=O)c1cccc([N+](=O)[O-])c1CNc1ccc2c(cnn2C2CCCCO2)c1Cl. The molecule has 30 heavy (non-hydrogen) atoms. The number of anilines is 1. The van der Waals surface area contributed by atoms with Gasteiger partial charge in [0.1, 0.15) is 0 Å². The van der Waals surface area contributed by atoms with E-state index in [1.54, 1.807) is 12.3 Å². The van der Waals surface area contributed by atoms with Crippen molar-refractivity contribution < 1.29 is 14.5 Å². The van der Waals surface area contributed by atoms with Crippen LogP contribution in [0, 0.1) is 10.1 Å². The molecule has 1 fully saturated rings. The van der Waals surface area contributed by atoms with E-state index in [0.717, 1.165) is 30.2 Å². The minimum Gasteiger partial charge on any atom is -0.379 e. The van der Waals surface area contributed by atoms with Crippen molar-refractivity contribution in [3.63, 3.8) is 0 Å². The lowest BCUT2D eigenvalue weighted by molar-refractivity contribution is -0.385. The van der Waals surface area contributed by atoms with Crippen molar-refractivity contribution in [2.45, 2.75) is 32.0 Å². The number of halogens is 1. The van der Waals surface area contributed by atoms with Crippen LogP contribution in [0.25, 0.3) is 10.9 Å². The number of amides is 1. The third-order valence-electron chi connectivity index (χ3n) is 5.21. The van der Waals surface area contributed by atoms with E-state index in [4.69, 9.17) is 22.1 Å². The van der Waals surface area contributed by atoms with Gasteiger partial charge in [0.25, 0.3) is 5.69 Å². The molecule has 3 N–H and O–H groups in total. The fourth-order valence-electron chi connectivity index (χ4n) is 3.72. The number of primary amides is 1. The van der Waals surface area contributed by atoms with Gasteiger partial charge in [-0.1, -0.05) is 17.7 Å². The van der Waals surface area contributed by atoms with Gasteiger partial charge in [-0.25, -0.2) is 4.68 Å². The van der Waals surface area contributed by atoms with Crippen LogP contribution < -0.4 is 11.1 Å². The summed E-state index contributed by atoms with van der Waals surface area (Å²) in [6.45, 7) is 0.720. The number of benzene rings is 2. The Balaban J connectivity index is 1.64. The third-order valence-corrected chi connectivity index (χ3v) is 5.62. The summed E-state index contributed by atoms with van der Waals surface area (Å²) < 4.78 is 7.64. The second-order valence-corrected chi connectivity index (χ2v) is 7.43. The molecule has 1 atom stereocenters. The van der Waals surface area contributed by atoms with Crippen LogP contribution in [0.1, 0.15) is 41.4 Å². The number of hydrogen-bond acceptors (Lipinski definition) is 6. The van der Waals surface area contributed by atoms with E-state index in [2.05, 4.69) is 10.4 Å². The average Bonchev–Trinajstić information content (AvgIpc) is 3.18. The van der Waals surface area contributed by atoms with E-state index < -0.39 is 10.8 Å². The van der Waals surface area contributed by atoms with Crippen molar-refractivity contribution >= 4 is 39.8 Å². The smallest absolute Gasteiger partial charge is 0.275 e. The standard InChI is InChI=1S/C20H20ClN5O4/c21-19-14-11-24-25(18-6-1-2-9-30-18)16(14)8-7-15(19)23-10-13-12(20(22)27)4-3-5-17(13)26(28)29/h3-5,7-8,11,18,23H,1-2,6,9-10H2,(H2,22,27). The first kappa shape index (κ1) is 20.1. The average molecular weight is 430 g/mol. The van der Waals surface area contributed by atoms with Gasteiger partial charge in [-0.15, -0.1) is 0 Å². The molecule has 1 unspecified atom stereocenters. The van der Waals surface area contributed by atoms with Gasteiger partial charge in [-0.2, -0.15) is 5.10 Å². The van der Waals surface area contributed by atoms with Crippen molar-refractivity contribution in [1.29, 1.82) is 0 Å². The number of carbonyl (C=O) groups is 1. The molecule has 0 saturated carbocycles. The predicted octanol–water partition coefficient (Wildman–Crippen LogP) is 4.01. The minimum absolute atomic E-state index is 0.0144. The molecule has 10 heteroatoms. The third kappa shape index (κ3) is 3.69. The molecule has 9 nitrogen and oxygen atoms in total. The van der Waals surface area contributed by atoms with Crippen molar-refractivity contribution in [3.05, 3.63) is 62.8 Å². The first-order valence-corrected chi connectivity index (χ1v) is 9.92. The maximum absolute atomic E-state index is 11.7. The van der Waals surface area contributed by atoms with Crippen LogP contribution in [-0.4, -0.2) is 27.2 Å². The Bertz CT molecular complexity index is 1090. The summed E-state index contributed by atoms with van der Waals surface area (Å²) in [5.74, 6) is -0.731. The predicted molar refractivity (Wildman–Crippen MR) is 113 cm³/mol.